The number of benzene rings is 2. The van der Waals surface area contributed by atoms with Gasteiger partial charge in [0.2, 0.25) is 5.67 Å². The van der Waals surface area contributed by atoms with Crippen LogP contribution in [0.3, 0.4) is 0 Å². The van der Waals surface area contributed by atoms with E-state index < -0.39 is 26.1 Å². The van der Waals surface area contributed by atoms with Crippen LogP contribution >= 0.6 is 11.6 Å². The highest BCUT2D eigenvalue weighted by atomic mass is 35.5. The Balaban J connectivity index is 2.25. The number of allylic oxidation sites excluding steroid dienone is 2. The van der Waals surface area contributed by atoms with Crippen molar-refractivity contribution in [3.8, 4) is 0 Å². The van der Waals surface area contributed by atoms with Gasteiger partial charge in [0.1, 0.15) is 10.6 Å². The van der Waals surface area contributed by atoms with Gasteiger partial charge in [-0.15, -0.1) is 0 Å². The zero-order valence-corrected chi connectivity index (χ0v) is 16.7. The molecule has 0 spiro atoms. The molecule has 1 aliphatic rings. The van der Waals surface area contributed by atoms with Gasteiger partial charge in [0.05, 0.1) is 0 Å². The normalized spacial score (nSPS) is 25.3. The first-order valence-electron chi connectivity index (χ1n) is 8.32. The van der Waals surface area contributed by atoms with Crippen LogP contribution in [0.4, 0.5) is 8.78 Å². The van der Waals surface area contributed by atoms with Crippen molar-refractivity contribution in [3.05, 3.63) is 93.8 Å². The van der Waals surface area contributed by atoms with Crippen LogP contribution in [-0.2, 0) is 20.3 Å². The summed E-state index contributed by atoms with van der Waals surface area (Å²) in [7, 11) is -3.87. The van der Waals surface area contributed by atoms with E-state index in [0.717, 1.165) is 18.4 Å². The Morgan fingerprint density at radius 1 is 0.963 bits per heavy atom. The fraction of sp³-hybridized carbons (Fsp3) is 0.238. The Morgan fingerprint density at radius 2 is 1.52 bits per heavy atom. The van der Waals surface area contributed by atoms with Crippen LogP contribution in [0.2, 0.25) is 5.02 Å². The molecule has 0 heterocycles. The quantitative estimate of drug-likeness (QED) is 0.630. The van der Waals surface area contributed by atoms with E-state index in [2.05, 4.69) is 0 Å². The van der Waals surface area contributed by atoms with Gasteiger partial charge in [-0.25, -0.2) is 17.2 Å². The second-order valence-corrected chi connectivity index (χ2v) is 9.49. The maximum Gasteiger partial charge on any atom is 0.205 e. The fourth-order valence-electron chi connectivity index (χ4n) is 3.37. The summed E-state index contributed by atoms with van der Waals surface area (Å²) in [6.45, 7) is 3.48. The van der Waals surface area contributed by atoms with E-state index in [4.69, 9.17) is 11.6 Å². The standard InChI is InChI=1S/C21H19ClF2O2S/c1-14-11-17(12-15(2)19(14)22)20(27(3,25)26)9-10-21(24,18(23)13-20)16-7-5-4-6-8-16/h4-13H,1-3H3. The predicted molar refractivity (Wildman–Crippen MR) is 105 cm³/mol. The third-order valence-corrected chi connectivity index (χ3v) is 7.26. The number of hydrogen-bond acceptors (Lipinski definition) is 2. The lowest BCUT2D eigenvalue weighted by Crippen LogP contribution is -2.36. The van der Waals surface area contributed by atoms with Gasteiger partial charge in [0, 0.05) is 11.3 Å². The predicted octanol–water partition coefficient (Wildman–Crippen LogP) is 5.48. The Labute approximate surface area is 163 Å². The molecule has 0 saturated heterocycles. The number of alkyl halides is 1. The molecule has 0 aromatic heterocycles. The van der Waals surface area contributed by atoms with Crippen LogP contribution in [-0.4, -0.2) is 14.7 Å². The van der Waals surface area contributed by atoms with Gasteiger partial charge in [0.15, 0.2) is 9.84 Å². The summed E-state index contributed by atoms with van der Waals surface area (Å²) in [4.78, 5) is 0. The summed E-state index contributed by atoms with van der Waals surface area (Å²) in [6.07, 6.45) is 4.07. The molecule has 2 atom stereocenters. The van der Waals surface area contributed by atoms with Crippen molar-refractivity contribution < 1.29 is 17.2 Å². The third kappa shape index (κ3) is 3.13. The Kier molecular flexibility index (Phi) is 4.81. The number of hydrogen-bond donors (Lipinski definition) is 0. The highest BCUT2D eigenvalue weighted by molar-refractivity contribution is 7.92. The molecule has 27 heavy (non-hydrogen) atoms. The van der Waals surface area contributed by atoms with E-state index in [1.165, 1.54) is 18.2 Å². The Bertz CT molecular complexity index is 1040. The first-order valence-corrected chi connectivity index (χ1v) is 10.6. The van der Waals surface area contributed by atoms with E-state index in [-0.39, 0.29) is 5.56 Å². The van der Waals surface area contributed by atoms with E-state index in [9.17, 15) is 8.42 Å². The lowest BCUT2D eigenvalue weighted by atomic mass is 9.83. The second kappa shape index (κ2) is 6.57. The molecular weight excluding hydrogens is 390 g/mol. The third-order valence-electron chi connectivity index (χ3n) is 4.94. The van der Waals surface area contributed by atoms with Crippen LogP contribution < -0.4 is 0 Å². The van der Waals surface area contributed by atoms with Crippen LogP contribution in [0.1, 0.15) is 22.3 Å². The van der Waals surface area contributed by atoms with Gasteiger partial charge in [-0.1, -0.05) is 60.1 Å². The smallest absolute Gasteiger partial charge is 0.205 e. The molecule has 2 unspecified atom stereocenters. The van der Waals surface area contributed by atoms with Crippen molar-refractivity contribution in [3.63, 3.8) is 0 Å². The molecule has 0 fully saturated rings. The van der Waals surface area contributed by atoms with Crippen molar-refractivity contribution in [2.24, 2.45) is 0 Å². The molecule has 0 saturated carbocycles. The second-order valence-electron chi connectivity index (χ2n) is 6.89. The average Bonchev–Trinajstić information content (AvgIpc) is 2.61. The zero-order valence-electron chi connectivity index (χ0n) is 15.1. The first kappa shape index (κ1) is 19.8. The number of sulfone groups is 1. The topological polar surface area (TPSA) is 34.1 Å². The van der Waals surface area contributed by atoms with Crippen LogP contribution in [0.15, 0.2) is 66.5 Å². The Hall–Kier alpha value is -1.98. The zero-order chi connectivity index (χ0) is 20.0. The van der Waals surface area contributed by atoms with Crippen molar-refractivity contribution >= 4 is 21.4 Å². The summed E-state index contributed by atoms with van der Waals surface area (Å²) >= 11 is 6.19. The van der Waals surface area contributed by atoms with Crippen LogP contribution in [0, 0.1) is 13.8 Å². The Morgan fingerprint density at radius 3 is 2.00 bits per heavy atom. The van der Waals surface area contributed by atoms with E-state index in [1.807, 2.05) is 0 Å². The lowest BCUT2D eigenvalue weighted by molar-refractivity contribution is 0.232. The minimum Gasteiger partial charge on any atom is -0.228 e. The molecule has 1 aliphatic carbocycles. The van der Waals surface area contributed by atoms with Crippen LogP contribution in [0.5, 0.6) is 0 Å². The molecule has 0 aliphatic heterocycles. The van der Waals surface area contributed by atoms with Gasteiger partial charge >= 0.3 is 0 Å². The van der Waals surface area contributed by atoms with Gasteiger partial charge in [0.25, 0.3) is 0 Å². The highest BCUT2D eigenvalue weighted by Crippen LogP contribution is 2.47. The van der Waals surface area contributed by atoms with Gasteiger partial charge in [-0.05, 0) is 48.3 Å². The molecule has 0 radical (unpaired) electrons. The lowest BCUT2D eigenvalue weighted by Gasteiger charge is -2.34. The van der Waals surface area contributed by atoms with Gasteiger partial charge < -0.3 is 0 Å². The summed E-state index contributed by atoms with van der Waals surface area (Å²) < 4.78 is 54.1. The molecule has 0 bridgehead atoms. The number of aryl methyl sites for hydroxylation is 2. The minimum absolute atomic E-state index is 0.0977. The maximum atomic E-state index is 15.4. The SMILES string of the molecule is Cc1cc(C2(S(C)(=O)=O)C=CC(F)(c3ccccc3)C(F)=C2)cc(C)c1Cl. The molecule has 3 rings (SSSR count). The summed E-state index contributed by atoms with van der Waals surface area (Å²) in [5.74, 6) is -1.16. The minimum atomic E-state index is -3.87. The molecular formula is C21H19ClF2O2S. The van der Waals surface area contributed by atoms with E-state index in [0.29, 0.717) is 21.7 Å². The molecule has 0 amide bonds. The van der Waals surface area contributed by atoms with Crippen molar-refractivity contribution in [1.29, 1.82) is 0 Å². The summed E-state index contributed by atoms with van der Waals surface area (Å²) in [6, 6.07) is 11.0. The number of halogens is 3. The average molecular weight is 409 g/mol. The summed E-state index contributed by atoms with van der Waals surface area (Å²) in [5.41, 5.74) is -0.757. The summed E-state index contributed by atoms with van der Waals surface area (Å²) in [5, 5.41) is 0.510. The molecule has 2 nitrogen and oxygen atoms in total. The molecule has 6 heteroatoms. The largest absolute Gasteiger partial charge is 0.228 e. The van der Waals surface area contributed by atoms with E-state index >= 15 is 8.78 Å². The van der Waals surface area contributed by atoms with Crippen molar-refractivity contribution in [2.45, 2.75) is 24.3 Å². The van der Waals surface area contributed by atoms with Crippen molar-refractivity contribution in [2.75, 3.05) is 6.26 Å². The highest BCUT2D eigenvalue weighted by Gasteiger charge is 2.48. The molecule has 0 N–H and O–H groups in total. The van der Waals surface area contributed by atoms with Crippen LogP contribution in [0.25, 0.3) is 0 Å². The maximum absolute atomic E-state index is 15.4. The fourth-order valence-corrected chi connectivity index (χ4v) is 4.66. The molecule has 2 aromatic carbocycles. The first-order chi connectivity index (χ1) is 12.5. The van der Waals surface area contributed by atoms with Crippen molar-refractivity contribution in [1.82, 2.24) is 0 Å². The molecule has 142 valence electrons. The monoisotopic (exact) mass is 408 g/mol. The molecule has 2 aromatic rings. The van der Waals surface area contributed by atoms with E-state index in [1.54, 1.807) is 44.2 Å². The van der Waals surface area contributed by atoms with Gasteiger partial charge in [-0.3, -0.25) is 0 Å². The van der Waals surface area contributed by atoms with Gasteiger partial charge in [-0.2, -0.15) is 0 Å². The number of rotatable bonds is 3.